The predicted molar refractivity (Wildman–Crippen MR) is 139 cm³/mol. The summed E-state index contributed by atoms with van der Waals surface area (Å²) in [6, 6.07) is 20.3. The Morgan fingerprint density at radius 3 is 2.47 bits per heavy atom. The highest BCUT2D eigenvalue weighted by Crippen LogP contribution is 2.29. The Labute approximate surface area is 206 Å². The van der Waals surface area contributed by atoms with E-state index in [9.17, 15) is 8.42 Å². The third-order valence-electron chi connectivity index (χ3n) is 4.75. The van der Waals surface area contributed by atoms with E-state index in [0.29, 0.717) is 15.6 Å². The first-order valence-electron chi connectivity index (χ1n) is 10.00. The number of pyridine rings is 1. The zero-order valence-corrected chi connectivity index (χ0v) is 20.3. The smallest absolute Gasteiger partial charge is 0.263 e. The Hall–Kier alpha value is -3.48. The quantitative estimate of drug-likeness (QED) is 0.249. The molecule has 1 unspecified atom stereocenters. The van der Waals surface area contributed by atoms with Gasteiger partial charge in [-0.15, -0.1) is 9.63 Å². The van der Waals surface area contributed by atoms with Gasteiger partial charge in [0.05, 0.1) is 26.2 Å². The van der Waals surface area contributed by atoms with Crippen LogP contribution in [-0.4, -0.2) is 29.1 Å². The maximum atomic E-state index is 12.5. The first-order valence-corrected chi connectivity index (χ1v) is 12.7. The molecular formula is C22H19N7O2S3. The first kappa shape index (κ1) is 23.7. The van der Waals surface area contributed by atoms with Crippen molar-refractivity contribution in [2.75, 3.05) is 9.73 Å². The van der Waals surface area contributed by atoms with Crippen molar-refractivity contribution in [1.82, 2.24) is 4.98 Å². The lowest BCUT2D eigenvalue weighted by molar-refractivity contribution is 0.601. The summed E-state index contributed by atoms with van der Waals surface area (Å²) < 4.78 is 31.9. The van der Waals surface area contributed by atoms with Gasteiger partial charge in [-0.3, -0.25) is 10.1 Å². The van der Waals surface area contributed by atoms with E-state index in [1.165, 1.54) is 18.3 Å². The molecule has 3 aromatic rings. The monoisotopic (exact) mass is 509 g/mol. The second-order valence-corrected chi connectivity index (χ2v) is 10.3. The van der Waals surface area contributed by atoms with E-state index in [4.69, 9.17) is 17.6 Å². The van der Waals surface area contributed by atoms with Crippen LogP contribution in [0.25, 0.3) is 0 Å². The zero-order chi connectivity index (χ0) is 24.1. The first-order chi connectivity index (χ1) is 16.3. The van der Waals surface area contributed by atoms with Gasteiger partial charge in [-0.05, 0) is 55.5 Å². The van der Waals surface area contributed by atoms with Crippen molar-refractivity contribution in [2.24, 2.45) is 20.7 Å². The third-order valence-corrected chi connectivity index (χ3v) is 7.16. The average molecular weight is 510 g/mol. The molecule has 0 saturated carbocycles. The van der Waals surface area contributed by atoms with Crippen molar-refractivity contribution < 1.29 is 8.42 Å². The molecule has 1 atom stereocenters. The minimum atomic E-state index is -3.77. The summed E-state index contributed by atoms with van der Waals surface area (Å²) in [6.07, 6.45) is 1.50. The van der Waals surface area contributed by atoms with Crippen LogP contribution >= 0.6 is 24.2 Å². The fraction of sp³-hybridized carbons (Fsp3) is 0.0909. The Morgan fingerprint density at radius 1 is 1.09 bits per heavy atom. The number of benzene rings is 2. The normalized spacial score (nSPS) is 16.0. The SMILES string of the molecule is CC1=NN(c2ccccc2)C(=N)C1C(=S)SN=Nc1ccc(S(=O)(=O)Nc2ccccn2)cc1. The molecule has 1 aromatic heterocycles. The van der Waals surface area contributed by atoms with Gasteiger partial charge < -0.3 is 0 Å². The Morgan fingerprint density at radius 2 is 1.79 bits per heavy atom. The number of para-hydroxylation sites is 1. The fourth-order valence-electron chi connectivity index (χ4n) is 3.11. The summed E-state index contributed by atoms with van der Waals surface area (Å²) >= 11 is 6.47. The molecule has 9 nitrogen and oxygen atoms in total. The number of hydrazone groups is 1. The van der Waals surface area contributed by atoms with Crippen molar-refractivity contribution in [3.05, 3.63) is 79.0 Å². The number of nitrogens with one attached hydrogen (secondary N) is 2. The number of rotatable bonds is 7. The van der Waals surface area contributed by atoms with Gasteiger partial charge >= 0.3 is 0 Å². The summed E-state index contributed by atoms with van der Waals surface area (Å²) in [5, 5.41) is 18.6. The van der Waals surface area contributed by atoms with E-state index in [2.05, 4.69) is 24.4 Å². The Balaban J connectivity index is 1.38. The number of anilines is 2. The molecule has 12 heteroatoms. The molecule has 1 aliphatic rings. The molecule has 0 bridgehead atoms. The summed E-state index contributed by atoms with van der Waals surface area (Å²) in [5.74, 6) is 0.0361. The van der Waals surface area contributed by atoms with Crippen LogP contribution in [0.1, 0.15) is 6.92 Å². The van der Waals surface area contributed by atoms with Crippen LogP contribution in [0.15, 0.2) is 98.6 Å². The summed E-state index contributed by atoms with van der Waals surface area (Å²) in [7, 11) is -3.77. The van der Waals surface area contributed by atoms with Gasteiger partial charge in [0.1, 0.15) is 17.6 Å². The van der Waals surface area contributed by atoms with Crippen molar-refractivity contribution in [2.45, 2.75) is 11.8 Å². The fourth-order valence-corrected chi connectivity index (χ4v) is 5.10. The number of nitrogens with zero attached hydrogens (tertiary/aromatic N) is 5. The number of thiocarbonyl (C=S) groups is 1. The molecule has 172 valence electrons. The Kier molecular flexibility index (Phi) is 7.10. The largest absolute Gasteiger partial charge is 0.286 e. The maximum absolute atomic E-state index is 12.5. The number of aromatic nitrogens is 1. The van der Waals surface area contributed by atoms with E-state index >= 15 is 0 Å². The molecule has 1 aliphatic heterocycles. The van der Waals surface area contributed by atoms with Crippen LogP contribution in [0.3, 0.4) is 0 Å². The van der Waals surface area contributed by atoms with Crippen molar-refractivity contribution >= 4 is 67.1 Å². The summed E-state index contributed by atoms with van der Waals surface area (Å²) in [5.41, 5.74) is 1.96. The van der Waals surface area contributed by atoms with Crippen LogP contribution < -0.4 is 9.73 Å². The average Bonchev–Trinajstić information content (AvgIpc) is 3.14. The highest BCUT2D eigenvalue weighted by molar-refractivity contribution is 8.22. The van der Waals surface area contributed by atoms with Gasteiger partial charge in [0, 0.05) is 18.1 Å². The lowest BCUT2D eigenvalue weighted by Gasteiger charge is -2.16. The van der Waals surface area contributed by atoms with Crippen LogP contribution in [0.2, 0.25) is 0 Å². The topological polar surface area (TPSA) is 123 Å². The van der Waals surface area contributed by atoms with E-state index in [1.807, 2.05) is 37.3 Å². The van der Waals surface area contributed by atoms with E-state index < -0.39 is 15.9 Å². The van der Waals surface area contributed by atoms with Gasteiger partial charge in [0.15, 0.2) is 0 Å². The molecule has 34 heavy (non-hydrogen) atoms. The van der Waals surface area contributed by atoms with Crippen molar-refractivity contribution in [1.29, 1.82) is 5.41 Å². The molecule has 2 N–H and O–H groups in total. The van der Waals surface area contributed by atoms with Gasteiger partial charge in [-0.25, -0.2) is 18.4 Å². The zero-order valence-electron chi connectivity index (χ0n) is 17.9. The number of sulfonamides is 1. The van der Waals surface area contributed by atoms with Crippen molar-refractivity contribution in [3.8, 4) is 0 Å². The molecule has 0 fully saturated rings. The minimum Gasteiger partial charge on any atom is -0.286 e. The molecule has 0 aliphatic carbocycles. The van der Waals surface area contributed by atoms with Gasteiger partial charge in [-0.1, -0.05) is 36.5 Å². The standard InChI is InChI=1S/C22H19N7O2S3/c1-15-20(21(23)29(26-15)17-7-3-2-4-8-17)22(32)33-28-25-16-10-12-18(13-11-16)34(30,31)27-19-9-5-6-14-24-19/h2-14,20,23H,1H3,(H,24,27). The van der Waals surface area contributed by atoms with Crippen LogP contribution in [0.5, 0.6) is 0 Å². The third kappa shape index (κ3) is 5.35. The lowest BCUT2D eigenvalue weighted by Crippen LogP contribution is -2.29. The van der Waals surface area contributed by atoms with E-state index in [0.717, 1.165) is 17.6 Å². The van der Waals surface area contributed by atoms with Crippen LogP contribution in [0, 0.1) is 11.3 Å². The van der Waals surface area contributed by atoms with E-state index in [1.54, 1.807) is 35.3 Å². The van der Waals surface area contributed by atoms with Crippen molar-refractivity contribution in [3.63, 3.8) is 0 Å². The number of hydrogen-bond donors (Lipinski definition) is 2. The lowest BCUT2D eigenvalue weighted by atomic mass is 10.1. The molecule has 4 rings (SSSR count). The second-order valence-electron chi connectivity index (χ2n) is 7.11. The molecule has 0 radical (unpaired) electrons. The van der Waals surface area contributed by atoms with E-state index in [-0.39, 0.29) is 16.5 Å². The van der Waals surface area contributed by atoms with Crippen LogP contribution in [-0.2, 0) is 10.0 Å². The second kappa shape index (κ2) is 10.2. The number of amidine groups is 1. The Bertz CT molecular complexity index is 1360. The molecule has 2 aromatic carbocycles. The van der Waals surface area contributed by atoms with Gasteiger partial charge in [-0.2, -0.15) is 5.10 Å². The van der Waals surface area contributed by atoms with Crippen LogP contribution in [0.4, 0.5) is 17.2 Å². The summed E-state index contributed by atoms with van der Waals surface area (Å²) in [4.78, 5) is 4.04. The minimum absolute atomic E-state index is 0.0764. The molecule has 2 heterocycles. The molecule has 0 spiro atoms. The molecule has 0 saturated heterocycles. The molecular weight excluding hydrogens is 490 g/mol. The predicted octanol–water partition coefficient (Wildman–Crippen LogP) is 5.43. The summed E-state index contributed by atoms with van der Waals surface area (Å²) in [6.45, 7) is 1.82. The highest BCUT2D eigenvalue weighted by Gasteiger charge is 2.34. The molecule has 0 amide bonds. The maximum Gasteiger partial charge on any atom is 0.263 e. The number of hydrogen-bond acceptors (Lipinski definition) is 9. The van der Waals surface area contributed by atoms with Gasteiger partial charge in [0.2, 0.25) is 0 Å². The highest BCUT2D eigenvalue weighted by atomic mass is 32.2. The van der Waals surface area contributed by atoms with Gasteiger partial charge in [0.25, 0.3) is 10.0 Å².